The highest BCUT2D eigenvalue weighted by atomic mass is 15.0. The van der Waals surface area contributed by atoms with Gasteiger partial charge in [-0.05, 0) is 180 Å². The number of hydrogen-bond acceptors (Lipinski definition) is 0. The second kappa shape index (κ2) is 14.7. The molecule has 0 atom stereocenters. The van der Waals surface area contributed by atoms with Gasteiger partial charge in [-0.2, -0.15) is 0 Å². The number of hydrogen-bond donors (Lipinski definition) is 0. The van der Waals surface area contributed by atoms with E-state index in [2.05, 4.69) is 253 Å². The minimum absolute atomic E-state index is 1.16. The third-order valence-electron chi connectivity index (χ3n) is 15.0. The Morgan fingerprint density at radius 3 is 1.41 bits per heavy atom. The average Bonchev–Trinajstić information content (AvgIpc) is 3.76. The molecule has 1 aromatic heterocycles. The first-order valence-corrected chi connectivity index (χ1v) is 24.0. The Kier molecular flexibility index (Phi) is 8.13. The van der Waals surface area contributed by atoms with Crippen molar-refractivity contribution in [2.75, 3.05) is 0 Å². The smallest absolute Gasteiger partial charge is 0.0547 e. The van der Waals surface area contributed by atoms with E-state index in [4.69, 9.17) is 0 Å². The highest BCUT2D eigenvalue weighted by Gasteiger charge is 2.20. The van der Waals surface area contributed by atoms with E-state index in [-0.39, 0.29) is 0 Å². The summed E-state index contributed by atoms with van der Waals surface area (Å²) < 4.78 is 2.47. The van der Waals surface area contributed by atoms with Gasteiger partial charge in [-0.25, -0.2) is 0 Å². The third kappa shape index (κ3) is 5.78. The van der Waals surface area contributed by atoms with Crippen LogP contribution in [-0.2, 0) is 0 Å². The van der Waals surface area contributed by atoms with Crippen molar-refractivity contribution in [1.82, 2.24) is 4.57 Å². The van der Waals surface area contributed by atoms with Gasteiger partial charge in [0.2, 0.25) is 0 Å². The van der Waals surface area contributed by atoms with Crippen LogP contribution in [0, 0.1) is 0 Å². The topological polar surface area (TPSA) is 4.93 Å². The van der Waals surface area contributed by atoms with Gasteiger partial charge in [0.25, 0.3) is 0 Å². The number of benzene rings is 14. The molecule has 0 bridgehead atoms. The van der Waals surface area contributed by atoms with Crippen molar-refractivity contribution < 1.29 is 0 Å². The molecule has 0 aliphatic heterocycles. The SMILES string of the molecule is c1ccc(-c2c3ccccc3c(-c3ccc4cc5cc(-n6c7ccc8ccccc8c7c7c8ccccc8ccc76)ccc5cc4c3)c3ccc(-c4cccc5cc6ccccc6cc45)cc23)cc1. The van der Waals surface area contributed by atoms with Crippen LogP contribution < -0.4 is 0 Å². The molecule has 0 fully saturated rings. The van der Waals surface area contributed by atoms with Crippen molar-refractivity contribution in [2.45, 2.75) is 0 Å². The summed E-state index contributed by atoms with van der Waals surface area (Å²) in [6.07, 6.45) is 0. The van der Waals surface area contributed by atoms with Crippen LogP contribution in [0.3, 0.4) is 0 Å². The van der Waals surface area contributed by atoms with Gasteiger partial charge in [0, 0.05) is 16.5 Å². The first-order chi connectivity index (χ1) is 34.2. The molecule has 69 heavy (non-hydrogen) atoms. The van der Waals surface area contributed by atoms with E-state index in [0.717, 1.165) is 5.69 Å². The molecule has 1 heterocycles. The van der Waals surface area contributed by atoms with Crippen LogP contribution in [0.2, 0.25) is 0 Å². The summed E-state index contributed by atoms with van der Waals surface area (Å²) in [5.41, 5.74) is 11.0. The lowest BCUT2D eigenvalue weighted by Crippen LogP contribution is -1.94. The Morgan fingerprint density at radius 2 is 0.710 bits per heavy atom. The molecule has 14 aromatic carbocycles. The summed E-state index contributed by atoms with van der Waals surface area (Å²) >= 11 is 0. The van der Waals surface area contributed by atoms with E-state index in [1.807, 2.05) is 0 Å². The van der Waals surface area contributed by atoms with E-state index in [1.54, 1.807) is 0 Å². The third-order valence-corrected chi connectivity index (χ3v) is 15.0. The van der Waals surface area contributed by atoms with Crippen LogP contribution in [0.25, 0.3) is 147 Å². The van der Waals surface area contributed by atoms with Crippen LogP contribution in [-0.4, -0.2) is 4.57 Å². The minimum Gasteiger partial charge on any atom is -0.309 e. The van der Waals surface area contributed by atoms with E-state index < -0.39 is 0 Å². The molecule has 15 rings (SSSR count). The van der Waals surface area contributed by atoms with E-state index >= 15 is 0 Å². The second-order valence-corrected chi connectivity index (χ2v) is 18.8. The molecule has 0 spiro atoms. The standard InChI is InChI=1S/C68H41N/c1-2-15-44(16-3-1)65-58-22-10-11-23-59(58)66(60-32-28-50(41-62(60)65)55-24-12-19-49-35-45-17-4-5-18-46(45)40-61(49)55)51-26-25-47-37-53-39-54(31-27-48(53)36-52(47)38-51)69-63-33-29-42-13-6-8-20-56(42)67(63)68-57-21-9-7-14-43(57)30-34-64(68)69/h1-41H. The van der Waals surface area contributed by atoms with Crippen LogP contribution >= 0.6 is 0 Å². The molecule has 318 valence electrons. The molecule has 0 saturated carbocycles. The number of aromatic nitrogens is 1. The molecular formula is C68H41N. The summed E-state index contributed by atoms with van der Waals surface area (Å²) in [5, 5.41) is 22.6. The van der Waals surface area contributed by atoms with E-state index in [0.29, 0.717) is 0 Å². The average molecular weight is 872 g/mol. The number of fused-ring (bicyclic) bond motifs is 13. The zero-order valence-electron chi connectivity index (χ0n) is 37.6. The fraction of sp³-hybridized carbons (Fsp3) is 0. The van der Waals surface area contributed by atoms with Crippen LogP contribution in [0.5, 0.6) is 0 Å². The van der Waals surface area contributed by atoms with Crippen LogP contribution in [0.1, 0.15) is 0 Å². The zero-order valence-corrected chi connectivity index (χ0v) is 37.6. The van der Waals surface area contributed by atoms with Gasteiger partial charge in [0.05, 0.1) is 11.0 Å². The van der Waals surface area contributed by atoms with Gasteiger partial charge in [0.15, 0.2) is 0 Å². The van der Waals surface area contributed by atoms with Crippen molar-refractivity contribution in [3.05, 3.63) is 249 Å². The first kappa shape index (κ1) is 38.1. The Bertz CT molecular complexity index is 4560. The summed E-state index contributed by atoms with van der Waals surface area (Å²) in [4.78, 5) is 0. The molecular weight excluding hydrogens is 831 g/mol. The van der Waals surface area contributed by atoms with Crippen LogP contribution in [0.15, 0.2) is 249 Å². The van der Waals surface area contributed by atoms with Crippen molar-refractivity contribution in [3.63, 3.8) is 0 Å². The van der Waals surface area contributed by atoms with Gasteiger partial charge in [0.1, 0.15) is 0 Å². The highest BCUT2D eigenvalue weighted by molar-refractivity contribution is 6.29. The maximum atomic E-state index is 2.47. The Hall–Kier alpha value is -9.04. The number of rotatable bonds is 4. The normalized spacial score (nSPS) is 12.1. The largest absolute Gasteiger partial charge is 0.309 e. The summed E-state index contributed by atoms with van der Waals surface area (Å²) in [6, 6.07) is 92.8. The van der Waals surface area contributed by atoms with Crippen molar-refractivity contribution >= 4 is 108 Å². The summed E-state index contributed by atoms with van der Waals surface area (Å²) in [6.45, 7) is 0. The highest BCUT2D eigenvalue weighted by Crippen LogP contribution is 2.47. The van der Waals surface area contributed by atoms with Gasteiger partial charge in [-0.15, -0.1) is 0 Å². The maximum Gasteiger partial charge on any atom is 0.0547 e. The minimum atomic E-state index is 1.16. The lowest BCUT2D eigenvalue weighted by molar-refractivity contribution is 1.19. The molecule has 0 aliphatic rings. The molecule has 1 heteroatoms. The lowest BCUT2D eigenvalue weighted by Gasteiger charge is -2.19. The molecule has 1 nitrogen and oxygen atoms in total. The number of nitrogens with zero attached hydrogens (tertiary/aromatic N) is 1. The molecule has 0 amide bonds. The first-order valence-electron chi connectivity index (χ1n) is 24.0. The van der Waals surface area contributed by atoms with Gasteiger partial charge >= 0.3 is 0 Å². The molecule has 0 N–H and O–H groups in total. The lowest BCUT2D eigenvalue weighted by atomic mass is 9.84. The van der Waals surface area contributed by atoms with Gasteiger partial charge < -0.3 is 4.57 Å². The van der Waals surface area contributed by atoms with Gasteiger partial charge in [-0.3, -0.25) is 0 Å². The molecule has 0 aliphatic carbocycles. The predicted molar refractivity (Wildman–Crippen MR) is 297 cm³/mol. The van der Waals surface area contributed by atoms with Crippen molar-refractivity contribution in [3.8, 4) is 39.1 Å². The van der Waals surface area contributed by atoms with E-state index in [9.17, 15) is 0 Å². The Balaban J connectivity index is 0.919. The van der Waals surface area contributed by atoms with Crippen molar-refractivity contribution in [2.24, 2.45) is 0 Å². The molecule has 0 radical (unpaired) electrons. The quantitative estimate of drug-likeness (QED) is 0.155. The van der Waals surface area contributed by atoms with Gasteiger partial charge in [-0.1, -0.05) is 188 Å². The monoisotopic (exact) mass is 871 g/mol. The maximum absolute atomic E-state index is 2.47. The van der Waals surface area contributed by atoms with Crippen molar-refractivity contribution in [1.29, 1.82) is 0 Å². The molecule has 0 saturated heterocycles. The van der Waals surface area contributed by atoms with E-state index in [1.165, 1.54) is 141 Å². The van der Waals surface area contributed by atoms with Crippen LogP contribution in [0.4, 0.5) is 0 Å². The molecule has 15 aromatic rings. The Labute approximate surface area is 398 Å². The zero-order chi connectivity index (χ0) is 45.2. The fourth-order valence-electron chi connectivity index (χ4n) is 11.9. The second-order valence-electron chi connectivity index (χ2n) is 18.8. The fourth-order valence-corrected chi connectivity index (χ4v) is 11.9. The summed E-state index contributed by atoms with van der Waals surface area (Å²) in [7, 11) is 0. The predicted octanol–water partition coefficient (Wildman–Crippen LogP) is 19.0. The molecule has 0 unspecified atom stereocenters. The summed E-state index contributed by atoms with van der Waals surface area (Å²) in [5.74, 6) is 0. The Morgan fingerprint density at radius 1 is 0.217 bits per heavy atom.